The summed E-state index contributed by atoms with van der Waals surface area (Å²) in [4.78, 5) is 51.6. The molecule has 0 atom stereocenters. The molecule has 1 fully saturated rings. The molecule has 3 heterocycles. The molecular formula is C20H24N4O4. The lowest BCUT2D eigenvalue weighted by molar-refractivity contribution is 0.0696. The minimum atomic E-state index is -0.685. The molecule has 0 bridgehead atoms. The fraction of sp³-hybridized carbons (Fsp3) is 0.400. The summed E-state index contributed by atoms with van der Waals surface area (Å²) in [7, 11) is 3.06. The molecule has 8 nitrogen and oxygen atoms in total. The first-order valence-electron chi connectivity index (χ1n) is 9.25. The lowest BCUT2D eigenvalue weighted by atomic mass is 9.99. The summed E-state index contributed by atoms with van der Waals surface area (Å²) in [6, 6.07) is 4.35. The summed E-state index contributed by atoms with van der Waals surface area (Å²) in [5.74, 6) is -0.268. The van der Waals surface area contributed by atoms with E-state index in [1.54, 1.807) is 11.0 Å². The van der Waals surface area contributed by atoms with E-state index in [0.717, 1.165) is 12.8 Å². The summed E-state index contributed by atoms with van der Waals surface area (Å²) in [5.41, 5.74) is -0.701. The number of amides is 2. The molecule has 0 radical (unpaired) electrons. The fourth-order valence-corrected chi connectivity index (χ4v) is 3.27. The molecule has 28 heavy (non-hydrogen) atoms. The zero-order valence-corrected chi connectivity index (χ0v) is 16.3. The molecule has 8 heteroatoms. The van der Waals surface area contributed by atoms with Gasteiger partial charge in [0.05, 0.1) is 5.56 Å². The van der Waals surface area contributed by atoms with Gasteiger partial charge in [-0.2, -0.15) is 0 Å². The number of aromatic nitrogens is 2. The lowest BCUT2D eigenvalue weighted by Gasteiger charge is -2.30. The predicted octanol–water partition coefficient (Wildman–Crippen LogP) is 1.21. The number of nitrogens with zero attached hydrogens (tertiary/aromatic N) is 3. The topological polar surface area (TPSA) is 93.4 Å². The van der Waals surface area contributed by atoms with Crippen LogP contribution in [0.15, 0.2) is 40.2 Å². The Balaban J connectivity index is 1.88. The molecule has 0 spiro atoms. The Morgan fingerprint density at radius 3 is 2.43 bits per heavy atom. The van der Waals surface area contributed by atoms with E-state index in [4.69, 9.17) is 0 Å². The number of hydrogen-bond acceptors (Lipinski definition) is 4. The van der Waals surface area contributed by atoms with Crippen molar-refractivity contribution >= 4 is 17.5 Å². The van der Waals surface area contributed by atoms with Crippen LogP contribution in [0, 0.1) is 5.92 Å². The van der Waals surface area contributed by atoms with Crippen LogP contribution >= 0.6 is 0 Å². The van der Waals surface area contributed by atoms with Gasteiger partial charge in [0.1, 0.15) is 11.3 Å². The smallest absolute Gasteiger partial charge is 0.274 e. The van der Waals surface area contributed by atoms with Crippen LogP contribution in [0.4, 0.5) is 5.69 Å². The quantitative estimate of drug-likeness (QED) is 0.861. The van der Waals surface area contributed by atoms with Gasteiger partial charge in [-0.3, -0.25) is 19.2 Å². The maximum atomic E-state index is 12.8. The van der Waals surface area contributed by atoms with Gasteiger partial charge in [0, 0.05) is 39.6 Å². The molecule has 1 N–H and O–H groups in total. The van der Waals surface area contributed by atoms with Crippen LogP contribution in [0.3, 0.4) is 0 Å². The summed E-state index contributed by atoms with van der Waals surface area (Å²) in [6.07, 6.45) is 4.90. The Kier molecular flexibility index (Phi) is 5.48. The van der Waals surface area contributed by atoms with Crippen molar-refractivity contribution in [3.8, 4) is 0 Å². The van der Waals surface area contributed by atoms with Gasteiger partial charge in [0.25, 0.3) is 22.9 Å². The molecule has 0 aliphatic carbocycles. The van der Waals surface area contributed by atoms with Crippen molar-refractivity contribution in [2.75, 3.05) is 18.4 Å². The molecule has 1 aliphatic heterocycles. The normalized spacial score (nSPS) is 14.8. The monoisotopic (exact) mass is 384 g/mol. The van der Waals surface area contributed by atoms with Crippen LogP contribution in [-0.4, -0.2) is 38.9 Å². The van der Waals surface area contributed by atoms with E-state index in [9.17, 15) is 19.2 Å². The number of rotatable bonds is 3. The third-order valence-electron chi connectivity index (χ3n) is 5.12. The number of carbonyl (C=O) groups is 2. The van der Waals surface area contributed by atoms with Gasteiger partial charge in [-0.1, -0.05) is 6.92 Å². The molecule has 0 saturated carbocycles. The molecule has 148 valence electrons. The Bertz CT molecular complexity index is 1030. The van der Waals surface area contributed by atoms with E-state index < -0.39 is 17.0 Å². The zero-order valence-electron chi connectivity index (χ0n) is 16.3. The van der Waals surface area contributed by atoms with E-state index in [2.05, 4.69) is 12.2 Å². The highest BCUT2D eigenvalue weighted by Crippen LogP contribution is 2.18. The molecule has 2 amide bonds. The maximum Gasteiger partial charge on any atom is 0.274 e. The molecule has 2 aromatic rings. The second-order valence-electron chi connectivity index (χ2n) is 7.33. The summed E-state index contributed by atoms with van der Waals surface area (Å²) in [5, 5.41) is 2.48. The van der Waals surface area contributed by atoms with Crippen molar-refractivity contribution in [2.24, 2.45) is 20.0 Å². The second kappa shape index (κ2) is 7.84. The summed E-state index contributed by atoms with van der Waals surface area (Å²) < 4.78 is 2.54. The van der Waals surface area contributed by atoms with Crippen LogP contribution in [0.5, 0.6) is 0 Å². The van der Waals surface area contributed by atoms with Gasteiger partial charge < -0.3 is 19.4 Å². The van der Waals surface area contributed by atoms with Gasteiger partial charge in [0.2, 0.25) is 0 Å². The molecule has 0 aromatic carbocycles. The number of aryl methyl sites for hydroxylation is 2. The highest BCUT2D eigenvalue weighted by molar-refractivity contribution is 6.04. The number of likely N-dealkylation sites (tertiary alicyclic amines) is 1. The Labute approximate surface area is 162 Å². The Morgan fingerprint density at radius 1 is 1.07 bits per heavy atom. The molecule has 3 rings (SSSR count). The Hall–Kier alpha value is -3.16. The summed E-state index contributed by atoms with van der Waals surface area (Å²) >= 11 is 0. The van der Waals surface area contributed by atoms with Crippen molar-refractivity contribution < 1.29 is 9.59 Å². The van der Waals surface area contributed by atoms with Gasteiger partial charge in [-0.05, 0) is 37.0 Å². The molecule has 0 unspecified atom stereocenters. The van der Waals surface area contributed by atoms with Crippen LogP contribution in [-0.2, 0) is 14.1 Å². The van der Waals surface area contributed by atoms with Gasteiger partial charge in [-0.25, -0.2) is 0 Å². The molecular weight excluding hydrogens is 360 g/mol. The average molecular weight is 384 g/mol. The lowest BCUT2D eigenvalue weighted by Crippen LogP contribution is -2.38. The van der Waals surface area contributed by atoms with Crippen molar-refractivity contribution in [3.05, 3.63) is 62.4 Å². The number of carbonyl (C=O) groups excluding carboxylic acids is 2. The van der Waals surface area contributed by atoms with E-state index in [1.165, 1.54) is 47.8 Å². The van der Waals surface area contributed by atoms with E-state index in [-0.39, 0.29) is 17.2 Å². The first-order valence-corrected chi connectivity index (χ1v) is 9.25. The fourth-order valence-electron chi connectivity index (χ4n) is 3.27. The van der Waals surface area contributed by atoms with Crippen LogP contribution in [0.25, 0.3) is 0 Å². The third kappa shape index (κ3) is 3.90. The molecule has 1 saturated heterocycles. The zero-order chi connectivity index (χ0) is 20.4. The maximum absolute atomic E-state index is 12.8. The molecule has 1 aliphatic rings. The largest absolute Gasteiger partial charge is 0.339 e. The van der Waals surface area contributed by atoms with Gasteiger partial charge in [0.15, 0.2) is 0 Å². The van der Waals surface area contributed by atoms with Crippen LogP contribution < -0.4 is 16.4 Å². The first-order chi connectivity index (χ1) is 13.3. The van der Waals surface area contributed by atoms with Crippen LogP contribution in [0.2, 0.25) is 0 Å². The second-order valence-corrected chi connectivity index (χ2v) is 7.33. The Morgan fingerprint density at radius 2 is 1.75 bits per heavy atom. The highest BCUT2D eigenvalue weighted by atomic mass is 16.2. The van der Waals surface area contributed by atoms with E-state index in [0.29, 0.717) is 24.6 Å². The van der Waals surface area contributed by atoms with Crippen molar-refractivity contribution in [1.82, 2.24) is 14.0 Å². The first kappa shape index (κ1) is 19.6. The van der Waals surface area contributed by atoms with E-state index >= 15 is 0 Å². The number of anilines is 1. The molecule has 2 aromatic heterocycles. The number of piperidine rings is 1. The van der Waals surface area contributed by atoms with E-state index in [1.807, 2.05) is 0 Å². The highest BCUT2D eigenvalue weighted by Gasteiger charge is 2.23. The van der Waals surface area contributed by atoms with Gasteiger partial charge >= 0.3 is 0 Å². The van der Waals surface area contributed by atoms with Crippen molar-refractivity contribution in [2.45, 2.75) is 19.8 Å². The van der Waals surface area contributed by atoms with Crippen molar-refractivity contribution in [1.29, 1.82) is 0 Å². The van der Waals surface area contributed by atoms with Crippen molar-refractivity contribution in [3.63, 3.8) is 0 Å². The third-order valence-corrected chi connectivity index (χ3v) is 5.12. The average Bonchev–Trinajstić information content (AvgIpc) is 2.67. The SMILES string of the molecule is CC1CCN(C(=O)c2cc(NC(=O)c3cccn(C)c3=O)c(=O)n(C)c2)CC1. The minimum Gasteiger partial charge on any atom is -0.339 e. The van der Waals surface area contributed by atoms with Gasteiger partial charge in [-0.15, -0.1) is 0 Å². The predicted molar refractivity (Wildman–Crippen MR) is 106 cm³/mol. The summed E-state index contributed by atoms with van der Waals surface area (Å²) in [6.45, 7) is 3.50. The van der Waals surface area contributed by atoms with Crippen LogP contribution in [0.1, 0.15) is 40.5 Å². The minimum absolute atomic E-state index is 0.0327. The number of hydrogen-bond donors (Lipinski definition) is 1. The number of pyridine rings is 2. The standard InChI is InChI=1S/C20H24N4O4/c1-13-6-9-24(10-7-13)18(26)14-11-16(20(28)23(3)12-14)21-17(25)15-5-4-8-22(2)19(15)27/h4-5,8,11-13H,6-7,9-10H2,1-3H3,(H,21,25). The number of nitrogens with one attached hydrogen (secondary N) is 1.